The van der Waals surface area contributed by atoms with E-state index in [0.29, 0.717) is 5.92 Å². The molecule has 0 aromatic heterocycles. The van der Waals surface area contributed by atoms with E-state index < -0.39 is 0 Å². The van der Waals surface area contributed by atoms with Gasteiger partial charge < -0.3 is 4.74 Å². The molecule has 0 N–H and O–H groups in total. The lowest BCUT2D eigenvalue weighted by atomic mass is 9.93. The molecule has 0 heterocycles. The van der Waals surface area contributed by atoms with Crippen LogP contribution in [-0.4, -0.2) is 7.11 Å². The van der Waals surface area contributed by atoms with Gasteiger partial charge in [0.2, 0.25) is 0 Å². The van der Waals surface area contributed by atoms with E-state index in [0.717, 1.165) is 16.6 Å². The Labute approximate surface area is 143 Å². The summed E-state index contributed by atoms with van der Waals surface area (Å²) in [6.45, 7) is 4.46. The molecule has 2 rings (SSSR count). The summed E-state index contributed by atoms with van der Waals surface area (Å²) in [4.78, 5) is 0. The number of benzene rings is 2. The molecule has 0 saturated carbocycles. The smallest absolute Gasteiger partial charge is 0.132 e. The van der Waals surface area contributed by atoms with Crippen LogP contribution in [0.3, 0.4) is 0 Å². The van der Waals surface area contributed by atoms with E-state index in [9.17, 15) is 0 Å². The van der Waals surface area contributed by atoms with Gasteiger partial charge in [-0.1, -0.05) is 41.9 Å². The number of hydrogen-bond donors (Lipinski definition) is 0. The Bertz CT molecular complexity index is 591. The topological polar surface area (TPSA) is 9.23 Å². The first-order valence-electron chi connectivity index (χ1n) is 6.62. The third kappa shape index (κ3) is 3.76. The van der Waals surface area contributed by atoms with Crippen LogP contribution in [-0.2, 0) is 6.42 Å². The first-order valence-corrected chi connectivity index (χ1v) is 8.49. The van der Waals surface area contributed by atoms with Gasteiger partial charge in [0.1, 0.15) is 5.75 Å². The number of ether oxygens (including phenoxy) is 1. The average molecular weight is 445 g/mol. The standard InChI is InChI=1S/C17H18BrIO/c1-11(2)15-10-17(20-3)16(19)9-13(15)8-12-4-6-14(18)7-5-12/h4-7,9-11H,8H2,1-3H3. The Kier molecular flexibility index (Phi) is 5.49. The number of methoxy groups -OCH3 is 1. The highest BCUT2D eigenvalue weighted by molar-refractivity contribution is 14.1. The second-order valence-electron chi connectivity index (χ2n) is 5.14. The van der Waals surface area contributed by atoms with Crippen LogP contribution in [0.2, 0.25) is 0 Å². The molecule has 0 radical (unpaired) electrons. The highest BCUT2D eigenvalue weighted by atomic mass is 127. The maximum atomic E-state index is 5.44. The molecule has 0 aliphatic heterocycles. The molecular weight excluding hydrogens is 427 g/mol. The van der Waals surface area contributed by atoms with Crippen molar-refractivity contribution >= 4 is 38.5 Å². The second-order valence-corrected chi connectivity index (χ2v) is 7.22. The molecule has 3 heteroatoms. The predicted octanol–water partition coefficient (Wildman–Crippen LogP) is 5.78. The molecule has 2 aromatic carbocycles. The van der Waals surface area contributed by atoms with Crippen LogP contribution in [0.1, 0.15) is 36.5 Å². The summed E-state index contributed by atoms with van der Waals surface area (Å²) >= 11 is 5.82. The van der Waals surface area contributed by atoms with Crippen molar-refractivity contribution < 1.29 is 4.74 Å². The van der Waals surface area contributed by atoms with Gasteiger partial charge in [0, 0.05) is 4.47 Å². The first-order chi connectivity index (χ1) is 9.51. The summed E-state index contributed by atoms with van der Waals surface area (Å²) in [7, 11) is 1.73. The van der Waals surface area contributed by atoms with Crippen LogP contribution in [0, 0.1) is 3.57 Å². The van der Waals surface area contributed by atoms with Crippen molar-refractivity contribution in [3.8, 4) is 5.75 Å². The van der Waals surface area contributed by atoms with Gasteiger partial charge in [0.05, 0.1) is 10.7 Å². The summed E-state index contributed by atoms with van der Waals surface area (Å²) in [5.74, 6) is 1.46. The third-order valence-electron chi connectivity index (χ3n) is 3.34. The van der Waals surface area contributed by atoms with E-state index in [1.165, 1.54) is 20.3 Å². The Hall–Kier alpha value is -0.550. The number of halogens is 2. The van der Waals surface area contributed by atoms with Crippen LogP contribution in [0.15, 0.2) is 40.9 Å². The Morgan fingerprint density at radius 1 is 1.15 bits per heavy atom. The number of rotatable bonds is 4. The lowest BCUT2D eigenvalue weighted by molar-refractivity contribution is 0.411. The molecule has 0 aliphatic carbocycles. The quantitative estimate of drug-likeness (QED) is 0.543. The molecule has 0 unspecified atom stereocenters. The molecule has 1 nitrogen and oxygen atoms in total. The molecule has 106 valence electrons. The SMILES string of the molecule is COc1cc(C(C)C)c(Cc2ccc(Br)cc2)cc1I. The zero-order valence-corrected chi connectivity index (χ0v) is 15.7. The van der Waals surface area contributed by atoms with Crippen LogP contribution in [0.5, 0.6) is 5.75 Å². The van der Waals surface area contributed by atoms with E-state index in [2.05, 4.69) is 88.8 Å². The lowest BCUT2D eigenvalue weighted by Crippen LogP contribution is -2.01. The molecule has 2 aromatic rings. The van der Waals surface area contributed by atoms with Crippen molar-refractivity contribution in [1.29, 1.82) is 0 Å². The van der Waals surface area contributed by atoms with Crippen molar-refractivity contribution in [2.45, 2.75) is 26.2 Å². The Balaban J connectivity index is 2.39. The molecule has 0 atom stereocenters. The van der Waals surface area contributed by atoms with E-state index >= 15 is 0 Å². The summed E-state index contributed by atoms with van der Waals surface area (Å²) in [6, 6.07) is 13.0. The van der Waals surface area contributed by atoms with Crippen molar-refractivity contribution in [2.24, 2.45) is 0 Å². The minimum Gasteiger partial charge on any atom is -0.496 e. The lowest BCUT2D eigenvalue weighted by Gasteiger charge is -2.16. The maximum Gasteiger partial charge on any atom is 0.132 e. The molecule has 0 bridgehead atoms. The molecule has 20 heavy (non-hydrogen) atoms. The Morgan fingerprint density at radius 3 is 2.35 bits per heavy atom. The summed E-state index contributed by atoms with van der Waals surface area (Å²) in [6.07, 6.45) is 0.959. The average Bonchev–Trinajstić information content (AvgIpc) is 2.41. The van der Waals surface area contributed by atoms with Crippen molar-refractivity contribution in [3.63, 3.8) is 0 Å². The van der Waals surface area contributed by atoms with Crippen LogP contribution in [0.4, 0.5) is 0 Å². The third-order valence-corrected chi connectivity index (χ3v) is 4.72. The van der Waals surface area contributed by atoms with Crippen molar-refractivity contribution in [1.82, 2.24) is 0 Å². The summed E-state index contributed by atoms with van der Waals surface area (Å²) in [5, 5.41) is 0. The largest absolute Gasteiger partial charge is 0.496 e. The fraction of sp³-hybridized carbons (Fsp3) is 0.294. The maximum absolute atomic E-state index is 5.44. The van der Waals surface area contributed by atoms with Gasteiger partial charge in [-0.2, -0.15) is 0 Å². The monoisotopic (exact) mass is 444 g/mol. The van der Waals surface area contributed by atoms with Gasteiger partial charge in [-0.25, -0.2) is 0 Å². The van der Waals surface area contributed by atoms with E-state index in [4.69, 9.17) is 4.74 Å². The second kappa shape index (κ2) is 6.94. The van der Waals surface area contributed by atoms with Gasteiger partial charge >= 0.3 is 0 Å². The Morgan fingerprint density at radius 2 is 1.80 bits per heavy atom. The van der Waals surface area contributed by atoms with Gasteiger partial charge in [0.15, 0.2) is 0 Å². The summed E-state index contributed by atoms with van der Waals surface area (Å²) < 4.78 is 7.73. The zero-order valence-electron chi connectivity index (χ0n) is 11.9. The minimum absolute atomic E-state index is 0.492. The predicted molar refractivity (Wildman–Crippen MR) is 96.7 cm³/mol. The van der Waals surface area contributed by atoms with Gasteiger partial charge in [-0.05, 0) is 75.9 Å². The summed E-state index contributed by atoms with van der Waals surface area (Å²) in [5.41, 5.74) is 4.08. The van der Waals surface area contributed by atoms with E-state index in [1.54, 1.807) is 7.11 Å². The minimum atomic E-state index is 0.492. The van der Waals surface area contributed by atoms with Crippen LogP contribution in [0.25, 0.3) is 0 Å². The first kappa shape index (κ1) is 15.8. The highest BCUT2D eigenvalue weighted by Gasteiger charge is 2.12. The fourth-order valence-electron chi connectivity index (χ4n) is 2.28. The van der Waals surface area contributed by atoms with Crippen molar-refractivity contribution in [2.75, 3.05) is 7.11 Å². The van der Waals surface area contributed by atoms with Crippen LogP contribution < -0.4 is 4.74 Å². The van der Waals surface area contributed by atoms with Crippen molar-refractivity contribution in [3.05, 3.63) is 61.1 Å². The molecule has 0 spiro atoms. The highest BCUT2D eigenvalue weighted by Crippen LogP contribution is 2.31. The van der Waals surface area contributed by atoms with Gasteiger partial charge in [-0.15, -0.1) is 0 Å². The normalized spacial score (nSPS) is 10.9. The van der Waals surface area contributed by atoms with E-state index in [-0.39, 0.29) is 0 Å². The molecule has 0 amide bonds. The fourth-order valence-corrected chi connectivity index (χ4v) is 3.30. The van der Waals surface area contributed by atoms with Gasteiger partial charge in [-0.3, -0.25) is 0 Å². The molecule has 0 fully saturated rings. The number of hydrogen-bond acceptors (Lipinski definition) is 1. The van der Waals surface area contributed by atoms with E-state index in [1.807, 2.05) is 0 Å². The van der Waals surface area contributed by atoms with Crippen LogP contribution >= 0.6 is 38.5 Å². The molecule has 0 aliphatic rings. The zero-order chi connectivity index (χ0) is 14.7. The van der Waals surface area contributed by atoms with Gasteiger partial charge in [0.25, 0.3) is 0 Å². The molecular formula is C17H18BrIO. The molecule has 0 saturated heterocycles.